The third-order valence-corrected chi connectivity index (χ3v) is 4.78. The maximum absolute atomic E-state index is 13.3. The van der Waals surface area contributed by atoms with E-state index in [1.165, 1.54) is 36.4 Å². The number of carbonyl (C=O) groups excluding carboxylic acids is 2. The average Bonchev–Trinajstić information content (AvgIpc) is 2.97. The highest BCUT2D eigenvalue weighted by Crippen LogP contribution is 2.35. The van der Waals surface area contributed by atoms with E-state index < -0.39 is 11.8 Å². The second-order valence-corrected chi connectivity index (χ2v) is 6.88. The van der Waals surface area contributed by atoms with Crippen LogP contribution in [0.15, 0.2) is 77.0 Å². The number of benzene rings is 3. The Bertz CT molecular complexity index is 1140. The number of esters is 1. The van der Waals surface area contributed by atoms with Crippen LogP contribution < -0.4 is 9.47 Å². The van der Waals surface area contributed by atoms with Crippen LogP contribution in [-0.4, -0.2) is 11.8 Å². The van der Waals surface area contributed by atoms with Crippen LogP contribution in [0.1, 0.15) is 26.3 Å². The van der Waals surface area contributed by atoms with Crippen molar-refractivity contribution >= 4 is 33.8 Å². The Hall–Kier alpha value is -3.25. The van der Waals surface area contributed by atoms with Crippen LogP contribution in [0.5, 0.6) is 11.5 Å². The fourth-order valence-electron chi connectivity index (χ4n) is 2.77. The van der Waals surface area contributed by atoms with E-state index in [-0.39, 0.29) is 23.0 Å². The van der Waals surface area contributed by atoms with Gasteiger partial charge in [-0.3, -0.25) is 4.79 Å². The minimum atomic E-state index is -0.535. The number of allylic oxidation sites excluding steroid dienone is 1. The lowest BCUT2D eigenvalue weighted by molar-refractivity contribution is 0.0733. The first-order chi connectivity index (χ1) is 13.5. The van der Waals surface area contributed by atoms with E-state index in [1.807, 2.05) is 0 Å². The number of ketones is 1. The molecule has 1 aliphatic heterocycles. The van der Waals surface area contributed by atoms with Crippen molar-refractivity contribution in [3.05, 3.63) is 99.5 Å². The first-order valence-corrected chi connectivity index (χ1v) is 9.11. The Labute approximate surface area is 168 Å². The van der Waals surface area contributed by atoms with Gasteiger partial charge in [-0.1, -0.05) is 24.3 Å². The first kappa shape index (κ1) is 18.1. The molecule has 4 rings (SSSR count). The number of Topliss-reactive ketones (excluding diaryl/α,β-unsaturated/α-hetero) is 1. The first-order valence-electron chi connectivity index (χ1n) is 8.32. The molecule has 0 bridgehead atoms. The van der Waals surface area contributed by atoms with Crippen molar-refractivity contribution in [2.45, 2.75) is 0 Å². The molecule has 0 fully saturated rings. The molecule has 0 spiro atoms. The highest BCUT2D eigenvalue weighted by Gasteiger charge is 2.28. The van der Waals surface area contributed by atoms with Gasteiger partial charge in [0.05, 0.1) is 11.1 Å². The van der Waals surface area contributed by atoms with Gasteiger partial charge in [0, 0.05) is 10.5 Å². The van der Waals surface area contributed by atoms with Crippen molar-refractivity contribution in [1.29, 1.82) is 0 Å². The van der Waals surface area contributed by atoms with Gasteiger partial charge in [0.15, 0.2) is 5.76 Å². The van der Waals surface area contributed by atoms with E-state index in [4.69, 9.17) is 9.47 Å². The zero-order chi connectivity index (χ0) is 19.7. The van der Waals surface area contributed by atoms with E-state index in [0.29, 0.717) is 21.2 Å². The number of carbonyl (C=O) groups is 2. The minimum Gasteiger partial charge on any atom is -0.452 e. The largest absolute Gasteiger partial charge is 0.452 e. The predicted octanol–water partition coefficient (Wildman–Crippen LogP) is 5.42. The third kappa shape index (κ3) is 3.59. The Morgan fingerprint density at radius 1 is 1.04 bits per heavy atom. The molecular weight excluding hydrogens is 427 g/mol. The van der Waals surface area contributed by atoms with Gasteiger partial charge in [-0.25, -0.2) is 9.18 Å². The maximum atomic E-state index is 13.3. The predicted molar refractivity (Wildman–Crippen MR) is 105 cm³/mol. The summed E-state index contributed by atoms with van der Waals surface area (Å²) in [6.07, 6.45) is 1.47. The van der Waals surface area contributed by atoms with Crippen LogP contribution >= 0.6 is 15.9 Å². The topological polar surface area (TPSA) is 52.6 Å². The normalized spacial score (nSPS) is 13.9. The van der Waals surface area contributed by atoms with Crippen LogP contribution in [0.4, 0.5) is 4.39 Å². The average molecular weight is 439 g/mol. The lowest BCUT2D eigenvalue weighted by Gasteiger charge is -2.06. The van der Waals surface area contributed by atoms with Crippen molar-refractivity contribution in [3.63, 3.8) is 0 Å². The van der Waals surface area contributed by atoms with Gasteiger partial charge in [0.2, 0.25) is 5.78 Å². The van der Waals surface area contributed by atoms with Gasteiger partial charge >= 0.3 is 5.97 Å². The second kappa shape index (κ2) is 7.40. The molecule has 0 unspecified atom stereocenters. The van der Waals surface area contributed by atoms with Gasteiger partial charge in [0.25, 0.3) is 0 Å². The number of hydrogen-bond acceptors (Lipinski definition) is 4. The summed E-state index contributed by atoms with van der Waals surface area (Å²) in [5, 5.41) is 0. The van der Waals surface area contributed by atoms with Crippen molar-refractivity contribution in [2.24, 2.45) is 0 Å². The number of hydrogen-bond donors (Lipinski definition) is 0. The van der Waals surface area contributed by atoms with E-state index in [9.17, 15) is 14.0 Å². The number of halogens is 2. The number of rotatable bonds is 3. The van der Waals surface area contributed by atoms with Gasteiger partial charge in [-0.15, -0.1) is 0 Å². The lowest BCUT2D eigenvalue weighted by Crippen LogP contribution is -2.09. The molecule has 0 amide bonds. The fraction of sp³-hybridized carbons (Fsp3) is 0. The van der Waals surface area contributed by atoms with Gasteiger partial charge in [0.1, 0.15) is 17.3 Å². The Balaban J connectivity index is 1.57. The Morgan fingerprint density at radius 2 is 1.86 bits per heavy atom. The molecular formula is C22H12BrFO4. The molecule has 0 radical (unpaired) electrons. The number of fused-ring (bicyclic) bond motifs is 1. The molecule has 0 saturated heterocycles. The van der Waals surface area contributed by atoms with E-state index >= 15 is 0 Å². The second-order valence-electron chi connectivity index (χ2n) is 6.02. The quantitative estimate of drug-likeness (QED) is 0.311. The zero-order valence-electron chi connectivity index (χ0n) is 14.3. The Morgan fingerprint density at radius 3 is 2.64 bits per heavy atom. The molecule has 0 N–H and O–H groups in total. The summed E-state index contributed by atoms with van der Waals surface area (Å²) in [6.45, 7) is 0. The van der Waals surface area contributed by atoms with Crippen molar-refractivity contribution < 1.29 is 23.5 Å². The fourth-order valence-corrected chi connectivity index (χ4v) is 3.21. The van der Waals surface area contributed by atoms with E-state index in [2.05, 4.69) is 15.9 Å². The summed E-state index contributed by atoms with van der Waals surface area (Å²) in [5.74, 6) is -0.645. The van der Waals surface area contributed by atoms with Crippen LogP contribution in [-0.2, 0) is 0 Å². The van der Waals surface area contributed by atoms with Crippen molar-refractivity contribution in [1.82, 2.24) is 0 Å². The van der Waals surface area contributed by atoms with Gasteiger partial charge in [-0.2, -0.15) is 0 Å². The third-order valence-electron chi connectivity index (χ3n) is 4.09. The highest BCUT2D eigenvalue weighted by atomic mass is 79.9. The standard InChI is InChI=1S/C22H12BrFO4/c23-18-7-2-1-6-16(18)22(26)27-15-8-9-17-19(12-15)28-20(21(17)25)11-13-4-3-5-14(24)10-13/h1-12H. The smallest absolute Gasteiger partial charge is 0.344 e. The van der Waals surface area contributed by atoms with Gasteiger partial charge in [-0.05, 0) is 64.0 Å². The summed E-state index contributed by atoms with van der Waals surface area (Å²) in [7, 11) is 0. The summed E-state index contributed by atoms with van der Waals surface area (Å²) in [6, 6.07) is 17.3. The lowest BCUT2D eigenvalue weighted by atomic mass is 10.1. The van der Waals surface area contributed by atoms with Crippen LogP contribution in [0.3, 0.4) is 0 Å². The number of ether oxygens (including phenoxy) is 2. The molecule has 3 aromatic rings. The van der Waals surface area contributed by atoms with Crippen LogP contribution in [0.25, 0.3) is 6.08 Å². The zero-order valence-corrected chi connectivity index (χ0v) is 15.9. The van der Waals surface area contributed by atoms with Crippen LogP contribution in [0, 0.1) is 5.82 Å². The summed E-state index contributed by atoms with van der Waals surface area (Å²) in [4.78, 5) is 24.8. The molecule has 0 aromatic heterocycles. The van der Waals surface area contributed by atoms with E-state index in [1.54, 1.807) is 36.4 Å². The van der Waals surface area contributed by atoms with Crippen molar-refractivity contribution in [2.75, 3.05) is 0 Å². The molecule has 0 saturated carbocycles. The summed E-state index contributed by atoms with van der Waals surface area (Å²) < 4.78 is 24.9. The molecule has 0 aliphatic carbocycles. The minimum absolute atomic E-state index is 0.0786. The Kier molecular flexibility index (Phi) is 4.79. The molecule has 1 heterocycles. The monoisotopic (exact) mass is 438 g/mol. The van der Waals surface area contributed by atoms with Crippen LogP contribution in [0.2, 0.25) is 0 Å². The SMILES string of the molecule is O=C(Oc1ccc2c(c1)OC(=Cc1cccc(F)c1)C2=O)c1ccccc1Br. The molecule has 138 valence electrons. The molecule has 6 heteroatoms. The maximum Gasteiger partial charge on any atom is 0.344 e. The molecule has 3 aromatic carbocycles. The summed E-state index contributed by atoms with van der Waals surface area (Å²) in [5.41, 5.74) is 1.24. The highest BCUT2D eigenvalue weighted by molar-refractivity contribution is 9.10. The van der Waals surface area contributed by atoms with Crippen molar-refractivity contribution in [3.8, 4) is 11.5 Å². The molecule has 4 nitrogen and oxygen atoms in total. The summed E-state index contributed by atoms with van der Waals surface area (Å²) >= 11 is 3.31. The molecule has 1 aliphatic rings. The van der Waals surface area contributed by atoms with Gasteiger partial charge < -0.3 is 9.47 Å². The molecule has 28 heavy (non-hydrogen) atoms. The molecule has 0 atom stereocenters. The van der Waals surface area contributed by atoms with E-state index in [0.717, 1.165) is 0 Å².